The maximum Gasteiger partial charge on any atom is 0.272 e. The van der Waals surface area contributed by atoms with Crippen molar-refractivity contribution in [2.24, 2.45) is 0 Å². The van der Waals surface area contributed by atoms with Gasteiger partial charge in [-0.2, -0.15) is 0 Å². The maximum atomic E-state index is 15.2. The molecular formula is C19HCl39O6S3. The smallest absolute Gasteiger partial charge is 0.223 e. The fourth-order valence-corrected chi connectivity index (χ4v) is 28.1. The first-order valence-electron chi connectivity index (χ1n) is 13.4. The van der Waals surface area contributed by atoms with E-state index in [0.717, 1.165) is 0 Å². The molecule has 0 saturated heterocycles. The Morgan fingerprint density at radius 1 is 0.179 bits per heavy atom. The van der Waals surface area contributed by atoms with E-state index in [-0.39, 0.29) is 0 Å². The number of hydrogen-bond acceptors (Lipinski definition) is 6. The summed E-state index contributed by atoms with van der Waals surface area (Å²) >= 11 is 238. The highest BCUT2D eigenvalue weighted by Gasteiger charge is 2.87. The van der Waals surface area contributed by atoms with Crippen LogP contribution in [0.25, 0.3) is 0 Å². The zero-order chi connectivity index (χ0) is 56.1. The summed E-state index contributed by atoms with van der Waals surface area (Å²) in [6, 6.07) is 0. The van der Waals surface area contributed by atoms with Crippen molar-refractivity contribution in [1.29, 1.82) is 0 Å². The predicted molar refractivity (Wildman–Crippen MR) is 308 cm³/mol. The predicted octanol–water partition coefficient (Wildman–Crippen LogP) is 21.1. The highest BCUT2D eigenvalue weighted by atomic mass is 35.6. The van der Waals surface area contributed by atoms with Gasteiger partial charge in [-0.1, -0.05) is 452 Å². The van der Waals surface area contributed by atoms with E-state index in [1.54, 1.807) is 0 Å². The molecule has 48 heteroatoms. The number of rotatable bonds is 18. The van der Waals surface area contributed by atoms with E-state index in [1.807, 2.05) is 0 Å². The molecule has 0 aliphatic heterocycles. The Labute approximate surface area is 575 Å². The molecule has 67 heavy (non-hydrogen) atoms. The van der Waals surface area contributed by atoms with Gasteiger partial charge in [0, 0.05) is 0 Å². The molecule has 0 bridgehead atoms. The van der Waals surface area contributed by atoms with Crippen molar-refractivity contribution < 1.29 is 25.3 Å². The Morgan fingerprint density at radius 3 is 0.388 bits per heavy atom. The van der Waals surface area contributed by atoms with Gasteiger partial charge < -0.3 is 0 Å². The van der Waals surface area contributed by atoms with Crippen molar-refractivity contribution >= 4 is 482 Å². The van der Waals surface area contributed by atoms with E-state index in [0.29, 0.717) is 0 Å². The third-order valence-corrected chi connectivity index (χ3v) is 45.5. The lowest BCUT2D eigenvalue weighted by Crippen LogP contribution is -2.72. The Bertz CT molecular complexity index is 1960. The van der Waals surface area contributed by atoms with E-state index >= 15 is 25.3 Å². The van der Waals surface area contributed by atoms with Gasteiger partial charge in [-0.3, -0.25) is 0 Å². The summed E-state index contributed by atoms with van der Waals surface area (Å²) in [5, 5.41) is 0. The Hall–Kier alpha value is 11.2. The summed E-state index contributed by atoms with van der Waals surface area (Å²) in [5.74, 6) is 0. The molecular weight excluding hydrogens is 1800 g/mol. The Balaban J connectivity index is 9.56. The highest BCUT2D eigenvalue weighted by Crippen LogP contribution is 2.75. The first-order chi connectivity index (χ1) is 27.9. The summed E-state index contributed by atoms with van der Waals surface area (Å²) in [4.78, 5) is 0. The van der Waals surface area contributed by atoms with Crippen LogP contribution in [-0.4, -0.2) is 104 Å². The third-order valence-electron chi connectivity index (χ3n) is 7.55. The lowest BCUT2D eigenvalue weighted by Gasteiger charge is -2.52. The normalized spacial score (nSPS) is 17.4. The van der Waals surface area contributed by atoms with Gasteiger partial charge in [-0.05, 0) is 0 Å². The van der Waals surface area contributed by atoms with E-state index in [2.05, 4.69) is 0 Å². The van der Waals surface area contributed by atoms with Gasteiger partial charge in [0.2, 0.25) is 66.9 Å². The van der Waals surface area contributed by atoms with E-state index in [4.69, 9.17) is 452 Å². The summed E-state index contributed by atoms with van der Waals surface area (Å²) in [7, 11) is -22.6. The fraction of sp³-hybridized carbons (Fsp3) is 1.00. The second-order valence-electron chi connectivity index (χ2n) is 11.9. The van der Waals surface area contributed by atoms with E-state index in [9.17, 15) is 0 Å². The Morgan fingerprint density at radius 2 is 0.284 bits per heavy atom. The van der Waals surface area contributed by atoms with Crippen LogP contribution in [0.2, 0.25) is 0 Å². The zero-order valence-corrected chi connectivity index (χ0v) is 59.9. The van der Waals surface area contributed by atoms with Gasteiger partial charge in [-0.15, -0.1) is 0 Å². The first kappa shape index (κ1) is 78.2. The van der Waals surface area contributed by atoms with E-state index in [1.165, 1.54) is 0 Å². The van der Waals surface area contributed by atoms with Crippen molar-refractivity contribution in [3.8, 4) is 0 Å². The molecule has 0 aromatic carbocycles. The second-order valence-corrected chi connectivity index (χ2v) is 47.4. The minimum atomic E-state index is -7.54. The summed E-state index contributed by atoms with van der Waals surface area (Å²) in [5.41, 5.74) is 0. The minimum absolute atomic E-state index is 3.21. The molecule has 0 atom stereocenters. The SMILES string of the molecule is O=S(=O)(C(S(=O)(=O)C(Cl)(Cl)C(Cl)(Cl)C(Cl)(Cl)C(Cl)(Cl)C(Cl)(Cl)C(Cl)(Cl)Cl)S(=O)(=O)C(Cl)(Cl)C(Cl)(Cl)C(Cl)(Cl)C(Cl)(Cl)C(Cl)(Cl)C(Cl)(Cl)Cl)C(Cl)(Cl)C(Cl)(Cl)C(Cl)(Cl)C(Cl)(Cl)C(Cl)(Cl)C(Cl)(Cl)Cl. The maximum absolute atomic E-state index is 15.2. The quantitative estimate of drug-likeness (QED) is 0.127. The molecule has 0 rings (SSSR count). The molecule has 0 aromatic heterocycles. The summed E-state index contributed by atoms with van der Waals surface area (Å²) in [6.45, 7) is 0. The van der Waals surface area contributed by atoms with Gasteiger partial charge in [0.1, 0.15) is 0 Å². The van der Waals surface area contributed by atoms with Gasteiger partial charge in [-0.25, -0.2) is 25.3 Å². The zero-order valence-electron chi connectivity index (χ0n) is 28.0. The number of alkyl halides is 39. The lowest BCUT2D eigenvalue weighted by molar-refractivity contribution is 0.505. The molecule has 6 nitrogen and oxygen atoms in total. The van der Waals surface area contributed by atoms with Crippen LogP contribution < -0.4 is 0 Å². The van der Waals surface area contributed by atoms with Crippen LogP contribution in [0.15, 0.2) is 0 Å². The van der Waals surface area contributed by atoms with Crippen molar-refractivity contribution in [1.82, 2.24) is 0 Å². The number of halogens is 39. The van der Waals surface area contributed by atoms with Crippen molar-refractivity contribution in [3.05, 3.63) is 0 Å². The molecule has 0 spiro atoms. The average Bonchev–Trinajstić information content (AvgIpc) is 3.04. The standard InChI is InChI=1S/C19HCl39O6S3/c20-2(21,8(32,33)14(44,45)46)5(26,27)11(38,39)17(53,54)65(59,60)1(66(61,62)18(55,56)12(40,41)6(28,29)3(22,23)9(34,35)15(47,48)49)67(63,64)19(57,58)13(42,43)7(30,31)4(24,25)10(36,37)16(50,51)52/h1H. The van der Waals surface area contributed by atoms with Crippen LogP contribution in [0.4, 0.5) is 0 Å². The topological polar surface area (TPSA) is 102 Å². The molecule has 404 valence electrons. The molecule has 0 N–H and O–H groups in total. The molecule has 0 aliphatic carbocycles. The van der Waals surface area contributed by atoms with E-state index < -0.39 is 108 Å². The molecule has 0 fully saturated rings. The monoisotopic (exact) mass is 1780 g/mol. The summed E-state index contributed by atoms with van der Waals surface area (Å²) < 4.78 is 13.7. The number of hydrogen-bond donors (Lipinski definition) is 0. The van der Waals surface area contributed by atoms with Crippen LogP contribution in [0.5, 0.6) is 0 Å². The largest absolute Gasteiger partial charge is 0.272 e. The van der Waals surface area contributed by atoms with Crippen LogP contribution in [-0.2, 0) is 29.5 Å². The van der Waals surface area contributed by atoms with Gasteiger partial charge in [0.05, 0.1) is 0 Å². The Kier molecular flexibility index (Phi) is 26.6. The first-order valence-corrected chi connectivity index (χ1v) is 32.8. The second kappa shape index (κ2) is 22.8. The molecule has 0 heterocycles. The lowest BCUT2D eigenvalue weighted by atomic mass is 10.1. The molecule has 0 saturated carbocycles. The average molecular weight is 1800 g/mol. The molecule has 0 unspecified atom stereocenters. The molecule has 0 aromatic rings. The third kappa shape index (κ3) is 11.9. The molecule has 0 amide bonds. The fourth-order valence-electron chi connectivity index (χ4n) is 3.66. The van der Waals surface area contributed by atoms with Gasteiger partial charge in [0.25, 0.3) is 14.9 Å². The van der Waals surface area contributed by atoms with Crippen molar-refractivity contribution in [2.75, 3.05) is 0 Å². The molecule has 0 aliphatic rings. The highest BCUT2D eigenvalue weighted by molar-refractivity contribution is 8.27. The minimum Gasteiger partial charge on any atom is -0.223 e. The van der Waals surface area contributed by atoms with Crippen molar-refractivity contribution in [3.63, 3.8) is 0 Å². The summed E-state index contributed by atoms with van der Waals surface area (Å²) in [6.07, 6.45) is 0. The molecule has 0 radical (unpaired) electrons. The van der Waals surface area contributed by atoms with Gasteiger partial charge >= 0.3 is 0 Å². The van der Waals surface area contributed by atoms with Crippen LogP contribution >= 0.6 is 452 Å². The van der Waals surface area contributed by atoms with Crippen LogP contribution in [0.3, 0.4) is 0 Å². The van der Waals surface area contributed by atoms with Crippen LogP contribution in [0, 0.1) is 0 Å². The van der Waals surface area contributed by atoms with Gasteiger partial charge in [0.15, 0.2) is 26.0 Å². The number of sulfone groups is 3. The van der Waals surface area contributed by atoms with Crippen molar-refractivity contribution in [2.45, 2.75) is 78.3 Å². The van der Waals surface area contributed by atoms with Crippen LogP contribution in [0.1, 0.15) is 0 Å².